The van der Waals surface area contributed by atoms with Crippen LogP contribution < -0.4 is 4.74 Å². The van der Waals surface area contributed by atoms with Crippen LogP contribution in [0.4, 0.5) is 0 Å². The molecular formula is C20H16N2O2. The molecular weight excluding hydrogens is 300 g/mol. The van der Waals surface area contributed by atoms with Gasteiger partial charge in [0.25, 0.3) is 0 Å². The first-order chi connectivity index (χ1) is 11.6. The first-order valence-electron chi connectivity index (χ1n) is 7.77. The number of aryl methyl sites for hydroxylation is 2. The maximum absolute atomic E-state index is 12.6. The lowest BCUT2D eigenvalue weighted by molar-refractivity contribution is 0.0737. The fourth-order valence-electron chi connectivity index (χ4n) is 2.94. The zero-order valence-electron chi connectivity index (χ0n) is 13.5. The Morgan fingerprint density at radius 3 is 2.83 bits per heavy atom. The number of H-pyrrole nitrogens is 1. The van der Waals surface area contributed by atoms with Gasteiger partial charge in [-0.2, -0.15) is 0 Å². The smallest absolute Gasteiger partial charge is 0.345 e. The van der Waals surface area contributed by atoms with E-state index in [9.17, 15) is 4.79 Å². The van der Waals surface area contributed by atoms with Gasteiger partial charge in [0.2, 0.25) is 0 Å². The molecule has 2 heterocycles. The van der Waals surface area contributed by atoms with Crippen LogP contribution in [0.5, 0.6) is 5.75 Å². The Hall–Kier alpha value is -3.14. The average Bonchev–Trinajstić information content (AvgIpc) is 2.89. The van der Waals surface area contributed by atoms with Gasteiger partial charge in [0.15, 0.2) is 0 Å². The van der Waals surface area contributed by atoms with Crippen LogP contribution in [0.15, 0.2) is 54.9 Å². The Labute approximate surface area is 139 Å². The summed E-state index contributed by atoms with van der Waals surface area (Å²) in [6.07, 6.45) is 3.50. The van der Waals surface area contributed by atoms with Crippen LogP contribution in [0.3, 0.4) is 0 Å². The van der Waals surface area contributed by atoms with E-state index in [0.29, 0.717) is 11.3 Å². The second-order valence-electron chi connectivity index (χ2n) is 5.88. The number of pyridine rings is 1. The normalized spacial score (nSPS) is 11.1. The van der Waals surface area contributed by atoms with Gasteiger partial charge in [0.05, 0.1) is 11.1 Å². The molecule has 0 amide bonds. The standard InChI is InChI=1S/C20H16N2O2/c1-12-13(2)22-19-17(12)4-3-5-18(19)20(23)24-16-7-6-14-8-9-21-11-15(14)10-16/h3-11,22H,1-2H3. The number of rotatable bonds is 2. The Bertz CT molecular complexity index is 1080. The summed E-state index contributed by atoms with van der Waals surface area (Å²) in [7, 11) is 0. The SMILES string of the molecule is Cc1[nH]c2c(C(=O)Oc3ccc4ccncc4c3)cccc2c1C. The van der Waals surface area contributed by atoms with Gasteiger partial charge in [-0.1, -0.05) is 18.2 Å². The molecule has 0 atom stereocenters. The van der Waals surface area contributed by atoms with Crippen molar-refractivity contribution in [3.63, 3.8) is 0 Å². The van der Waals surface area contributed by atoms with Crippen molar-refractivity contribution in [2.24, 2.45) is 0 Å². The number of hydrogen-bond acceptors (Lipinski definition) is 3. The molecule has 4 heteroatoms. The minimum Gasteiger partial charge on any atom is -0.423 e. The molecule has 2 aromatic carbocycles. The number of carbonyl (C=O) groups is 1. The molecule has 24 heavy (non-hydrogen) atoms. The van der Waals surface area contributed by atoms with E-state index >= 15 is 0 Å². The minimum atomic E-state index is -0.370. The maximum atomic E-state index is 12.6. The number of carbonyl (C=O) groups excluding carboxylic acids is 1. The second-order valence-corrected chi connectivity index (χ2v) is 5.88. The Balaban J connectivity index is 1.72. The van der Waals surface area contributed by atoms with Crippen molar-refractivity contribution < 1.29 is 9.53 Å². The topological polar surface area (TPSA) is 55.0 Å². The van der Waals surface area contributed by atoms with Gasteiger partial charge >= 0.3 is 5.97 Å². The summed E-state index contributed by atoms with van der Waals surface area (Å²) in [5.41, 5.74) is 3.56. The van der Waals surface area contributed by atoms with Crippen LogP contribution in [-0.2, 0) is 0 Å². The highest BCUT2D eigenvalue weighted by molar-refractivity contribution is 6.05. The predicted molar refractivity (Wildman–Crippen MR) is 94.5 cm³/mol. The van der Waals surface area contributed by atoms with E-state index in [4.69, 9.17) is 4.74 Å². The number of fused-ring (bicyclic) bond motifs is 2. The predicted octanol–water partition coefficient (Wildman–Crippen LogP) is 4.55. The fraction of sp³-hybridized carbons (Fsp3) is 0.100. The number of benzene rings is 2. The number of aromatic nitrogens is 2. The van der Waals surface area contributed by atoms with Crippen molar-refractivity contribution in [1.82, 2.24) is 9.97 Å². The molecule has 0 radical (unpaired) electrons. The van der Waals surface area contributed by atoms with Gasteiger partial charge < -0.3 is 9.72 Å². The van der Waals surface area contributed by atoms with Crippen molar-refractivity contribution in [2.75, 3.05) is 0 Å². The number of esters is 1. The number of nitrogens with one attached hydrogen (secondary N) is 1. The highest BCUT2D eigenvalue weighted by Crippen LogP contribution is 2.26. The van der Waals surface area contributed by atoms with E-state index < -0.39 is 0 Å². The summed E-state index contributed by atoms with van der Waals surface area (Å²) in [4.78, 5) is 20.0. The Morgan fingerprint density at radius 2 is 1.96 bits per heavy atom. The van der Waals surface area contributed by atoms with Gasteiger partial charge in [0.1, 0.15) is 5.75 Å². The van der Waals surface area contributed by atoms with Gasteiger partial charge in [0, 0.05) is 28.9 Å². The fourth-order valence-corrected chi connectivity index (χ4v) is 2.94. The lowest BCUT2D eigenvalue weighted by Gasteiger charge is -2.06. The van der Waals surface area contributed by atoms with Gasteiger partial charge in [-0.3, -0.25) is 4.98 Å². The van der Waals surface area contributed by atoms with Gasteiger partial charge in [-0.05, 0) is 49.1 Å². The molecule has 2 aromatic heterocycles. The third-order valence-corrected chi connectivity index (χ3v) is 4.39. The molecule has 0 spiro atoms. The molecule has 0 saturated heterocycles. The maximum Gasteiger partial charge on any atom is 0.345 e. The second kappa shape index (κ2) is 5.49. The third kappa shape index (κ3) is 2.33. The van der Waals surface area contributed by atoms with Crippen LogP contribution in [0, 0.1) is 13.8 Å². The summed E-state index contributed by atoms with van der Waals surface area (Å²) in [5.74, 6) is 0.141. The molecule has 118 valence electrons. The third-order valence-electron chi connectivity index (χ3n) is 4.39. The number of ether oxygens (including phenoxy) is 1. The minimum absolute atomic E-state index is 0.370. The molecule has 4 aromatic rings. The lowest BCUT2D eigenvalue weighted by atomic mass is 10.1. The first kappa shape index (κ1) is 14.5. The number of para-hydroxylation sites is 1. The van der Waals surface area contributed by atoms with E-state index in [1.54, 1.807) is 24.5 Å². The largest absolute Gasteiger partial charge is 0.423 e. The Kier molecular flexibility index (Phi) is 3.31. The van der Waals surface area contributed by atoms with Gasteiger partial charge in [-0.25, -0.2) is 4.79 Å². The quantitative estimate of drug-likeness (QED) is 0.436. The summed E-state index contributed by atoms with van der Waals surface area (Å²) in [5, 5.41) is 3.04. The number of aromatic amines is 1. The van der Waals surface area contributed by atoms with E-state index in [2.05, 4.69) is 9.97 Å². The summed E-state index contributed by atoms with van der Waals surface area (Å²) >= 11 is 0. The molecule has 0 aliphatic rings. The molecule has 4 nitrogen and oxygen atoms in total. The van der Waals surface area contributed by atoms with E-state index in [-0.39, 0.29) is 5.97 Å². The van der Waals surface area contributed by atoms with E-state index in [1.165, 1.54) is 0 Å². The zero-order chi connectivity index (χ0) is 16.7. The van der Waals surface area contributed by atoms with Crippen LogP contribution >= 0.6 is 0 Å². The molecule has 4 rings (SSSR count). The molecule has 1 N–H and O–H groups in total. The molecule has 0 unspecified atom stereocenters. The van der Waals surface area contributed by atoms with Crippen molar-refractivity contribution in [3.05, 3.63) is 71.7 Å². The average molecular weight is 316 g/mol. The summed E-state index contributed by atoms with van der Waals surface area (Å²) in [6, 6.07) is 13.1. The number of nitrogens with zero attached hydrogens (tertiary/aromatic N) is 1. The van der Waals surface area contributed by atoms with Crippen LogP contribution in [-0.4, -0.2) is 15.9 Å². The molecule has 0 aliphatic heterocycles. The monoisotopic (exact) mass is 316 g/mol. The van der Waals surface area contributed by atoms with Crippen LogP contribution in [0.2, 0.25) is 0 Å². The highest BCUT2D eigenvalue weighted by Gasteiger charge is 2.16. The van der Waals surface area contributed by atoms with Crippen molar-refractivity contribution in [2.45, 2.75) is 13.8 Å². The number of hydrogen-bond donors (Lipinski definition) is 1. The summed E-state index contributed by atoms with van der Waals surface area (Å²) < 4.78 is 5.58. The Morgan fingerprint density at radius 1 is 1.08 bits per heavy atom. The first-order valence-corrected chi connectivity index (χ1v) is 7.77. The molecule has 0 aliphatic carbocycles. The molecule has 0 saturated carbocycles. The zero-order valence-corrected chi connectivity index (χ0v) is 13.5. The van der Waals surface area contributed by atoms with Crippen molar-refractivity contribution in [1.29, 1.82) is 0 Å². The van der Waals surface area contributed by atoms with Gasteiger partial charge in [-0.15, -0.1) is 0 Å². The molecule has 0 bridgehead atoms. The van der Waals surface area contributed by atoms with Crippen molar-refractivity contribution >= 4 is 27.6 Å². The van der Waals surface area contributed by atoms with Crippen LogP contribution in [0.25, 0.3) is 21.7 Å². The highest BCUT2D eigenvalue weighted by atomic mass is 16.5. The molecule has 0 fully saturated rings. The van der Waals surface area contributed by atoms with E-state index in [1.807, 2.05) is 44.2 Å². The van der Waals surface area contributed by atoms with Crippen molar-refractivity contribution in [3.8, 4) is 5.75 Å². The van der Waals surface area contributed by atoms with Crippen LogP contribution in [0.1, 0.15) is 21.6 Å². The lowest BCUT2D eigenvalue weighted by Crippen LogP contribution is -2.09. The van der Waals surface area contributed by atoms with E-state index in [0.717, 1.165) is 32.9 Å². The summed E-state index contributed by atoms with van der Waals surface area (Å²) in [6.45, 7) is 4.04.